The molecule has 1 aromatic rings. The molecule has 0 spiro atoms. The van der Waals surface area contributed by atoms with Gasteiger partial charge in [-0.15, -0.1) is 0 Å². The van der Waals surface area contributed by atoms with Crippen LogP contribution in [0, 0.1) is 0 Å². The highest BCUT2D eigenvalue weighted by Gasteiger charge is 2.33. The Bertz CT molecular complexity index is 382. The molecular weight excluding hydrogens is 244 g/mol. The summed E-state index contributed by atoms with van der Waals surface area (Å²) in [6, 6.07) is 1.37. The van der Waals surface area contributed by atoms with Gasteiger partial charge in [-0.25, -0.2) is 4.98 Å². The minimum Gasteiger partial charge on any atom is -0.342 e. The van der Waals surface area contributed by atoms with E-state index in [0.717, 1.165) is 30.0 Å². The monoisotopic (exact) mass is 266 g/mol. The minimum atomic E-state index is 0.647. The molecule has 1 saturated heterocycles. The number of aryl methyl sites for hydroxylation is 1. The molecule has 3 rings (SSSR count). The predicted molar refractivity (Wildman–Crippen MR) is 75.3 cm³/mol. The average Bonchev–Trinajstić information content (AvgIpc) is 3.14. The third-order valence-electron chi connectivity index (χ3n) is 3.84. The van der Waals surface area contributed by atoms with Crippen LogP contribution in [0.2, 0.25) is 0 Å². The van der Waals surface area contributed by atoms with Crippen molar-refractivity contribution in [1.82, 2.24) is 14.7 Å². The van der Waals surface area contributed by atoms with Crippen LogP contribution in [0.4, 0.5) is 5.13 Å². The molecule has 1 N–H and O–H groups in total. The lowest BCUT2D eigenvalue weighted by Crippen LogP contribution is -2.44. The molecule has 1 unspecified atom stereocenters. The first-order valence-electron chi connectivity index (χ1n) is 7.19. The standard InChI is InChI=1S/C13H22N4S/c1-2-12-15-13(18-16-12)17(11-6-7-11)9-10-5-3-4-8-14-10/h10-11,14H,2-9H2,1H3. The molecule has 1 atom stereocenters. The summed E-state index contributed by atoms with van der Waals surface area (Å²) in [7, 11) is 0. The van der Waals surface area contributed by atoms with Crippen molar-refractivity contribution in [3.63, 3.8) is 0 Å². The van der Waals surface area contributed by atoms with Crippen molar-refractivity contribution in [3.05, 3.63) is 5.82 Å². The van der Waals surface area contributed by atoms with E-state index in [1.807, 2.05) is 0 Å². The molecule has 18 heavy (non-hydrogen) atoms. The zero-order valence-corrected chi connectivity index (χ0v) is 11.9. The maximum Gasteiger partial charge on any atom is 0.205 e. The summed E-state index contributed by atoms with van der Waals surface area (Å²) in [5.74, 6) is 0.997. The summed E-state index contributed by atoms with van der Waals surface area (Å²) in [6.45, 7) is 4.42. The summed E-state index contributed by atoms with van der Waals surface area (Å²) in [4.78, 5) is 7.16. The van der Waals surface area contributed by atoms with Crippen LogP contribution in [0.3, 0.4) is 0 Å². The van der Waals surface area contributed by atoms with Crippen molar-refractivity contribution in [1.29, 1.82) is 0 Å². The number of nitrogens with zero attached hydrogens (tertiary/aromatic N) is 3. The molecular formula is C13H22N4S. The SMILES string of the molecule is CCc1nsc(N(CC2CCCCN2)C2CC2)n1. The molecule has 1 aromatic heterocycles. The van der Waals surface area contributed by atoms with E-state index in [1.165, 1.54) is 38.6 Å². The van der Waals surface area contributed by atoms with Crippen LogP contribution >= 0.6 is 11.5 Å². The maximum atomic E-state index is 4.66. The third-order valence-corrected chi connectivity index (χ3v) is 4.63. The van der Waals surface area contributed by atoms with Gasteiger partial charge >= 0.3 is 0 Å². The summed E-state index contributed by atoms with van der Waals surface area (Å²) in [6.07, 6.45) is 7.60. The van der Waals surface area contributed by atoms with Crippen molar-refractivity contribution in [3.8, 4) is 0 Å². The first kappa shape index (κ1) is 12.4. The highest BCUT2D eigenvalue weighted by molar-refractivity contribution is 7.09. The topological polar surface area (TPSA) is 41.1 Å². The molecule has 1 aliphatic carbocycles. The van der Waals surface area contributed by atoms with Gasteiger partial charge in [0, 0.05) is 36.6 Å². The lowest BCUT2D eigenvalue weighted by Gasteiger charge is -2.30. The first-order valence-corrected chi connectivity index (χ1v) is 7.96. The highest BCUT2D eigenvalue weighted by atomic mass is 32.1. The van der Waals surface area contributed by atoms with E-state index >= 15 is 0 Å². The van der Waals surface area contributed by atoms with Gasteiger partial charge in [-0.1, -0.05) is 13.3 Å². The van der Waals surface area contributed by atoms with E-state index in [9.17, 15) is 0 Å². The molecule has 1 aliphatic heterocycles. The molecule has 5 heteroatoms. The van der Waals surface area contributed by atoms with Crippen molar-refractivity contribution in [2.75, 3.05) is 18.0 Å². The molecule has 0 bridgehead atoms. The van der Waals surface area contributed by atoms with Crippen LogP contribution in [0.1, 0.15) is 44.9 Å². The Labute approximate surface area is 113 Å². The van der Waals surface area contributed by atoms with E-state index in [4.69, 9.17) is 0 Å². The van der Waals surface area contributed by atoms with E-state index in [0.29, 0.717) is 6.04 Å². The number of aromatic nitrogens is 2. The Balaban J connectivity index is 1.67. The van der Waals surface area contributed by atoms with Crippen molar-refractivity contribution < 1.29 is 0 Å². The first-order chi connectivity index (χ1) is 8.86. The van der Waals surface area contributed by atoms with Crippen LogP contribution in [0.25, 0.3) is 0 Å². The van der Waals surface area contributed by atoms with Crippen LogP contribution in [0.5, 0.6) is 0 Å². The molecule has 2 heterocycles. The highest BCUT2D eigenvalue weighted by Crippen LogP contribution is 2.33. The zero-order chi connectivity index (χ0) is 12.4. The van der Waals surface area contributed by atoms with E-state index in [2.05, 4.69) is 26.5 Å². The Morgan fingerprint density at radius 2 is 2.22 bits per heavy atom. The van der Waals surface area contributed by atoms with Crippen molar-refractivity contribution in [2.45, 2.75) is 57.5 Å². The number of piperidine rings is 1. The Morgan fingerprint density at radius 1 is 1.33 bits per heavy atom. The molecule has 2 fully saturated rings. The van der Waals surface area contributed by atoms with E-state index in [1.54, 1.807) is 11.5 Å². The van der Waals surface area contributed by atoms with Gasteiger partial charge in [0.15, 0.2) is 0 Å². The fourth-order valence-electron chi connectivity index (χ4n) is 2.59. The fraction of sp³-hybridized carbons (Fsp3) is 0.846. The molecule has 100 valence electrons. The molecule has 0 radical (unpaired) electrons. The summed E-state index contributed by atoms with van der Waals surface area (Å²) < 4.78 is 4.43. The minimum absolute atomic E-state index is 0.647. The number of anilines is 1. The number of rotatable bonds is 5. The number of hydrogen-bond donors (Lipinski definition) is 1. The smallest absolute Gasteiger partial charge is 0.205 e. The number of hydrogen-bond acceptors (Lipinski definition) is 5. The van der Waals surface area contributed by atoms with Gasteiger partial charge in [-0.2, -0.15) is 4.37 Å². The van der Waals surface area contributed by atoms with Gasteiger partial charge in [-0.3, -0.25) is 0 Å². The normalized spacial score (nSPS) is 24.2. The van der Waals surface area contributed by atoms with Crippen LogP contribution in [0.15, 0.2) is 0 Å². The van der Waals surface area contributed by atoms with E-state index in [-0.39, 0.29) is 0 Å². The lowest BCUT2D eigenvalue weighted by atomic mass is 10.0. The summed E-state index contributed by atoms with van der Waals surface area (Å²) in [5, 5.41) is 4.78. The van der Waals surface area contributed by atoms with Gasteiger partial charge in [0.1, 0.15) is 5.82 Å². The Morgan fingerprint density at radius 3 is 2.83 bits per heavy atom. The summed E-state index contributed by atoms with van der Waals surface area (Å²) >= 11 is 1.58. The van der Waals surface area contributed by atoms with E-state index < -0.39 is 0 Å². The second kappa shape index (κ2) is 5.53. The summed E-state index contributed by atoms with van der Waals surface area (Å²) in [5.41, 5.74) is 0. The molecule has 4 nitrogen and oxygen atoms in total. The molecule has 1 saturated carbocycles. The van der Waals surface area contributed by atoms with Gasteiger partial charge in [0.25, 0.3) is 0 Å². The zero-order valence-electron chi connectivity index (χ0n) is 11.1. The Kier molecular flexibility index (Phi) is 3.80. The largest absolute Gasteiger partial charge is 0.342 e. The molecule has 2 aliphatic rings. The van der Waals surface area contributed by atoms with Gasteiger partial charge in [-0.05, 0) is 32.2 Å². The fourth-order valence-corrected chi connectivity index (χ4v) is 3.42. The Hall–Kier alpha value is -0.680. The molecule has 0 aromatic carbocycles. The van der Waals surface area contributed by atoms with Gasteiger partial charge in [0.2, 0.25) is 5.13 Å². The lowest BCUT2D eigenvalue weighted by molar-refractivity contribution is 0.398. The van der Waals surface area contributed by atoms with Crippen LogP contribution in [-0.2, 0) is 6.42 Å². The maximum absolute atomic E-state index is 4.66. The van der Waals surface area contributed by atoms with Crippen LogP contribution in [-0.4, -0.2) is 34.5 Å². The second-order valence-electron chi connectivity index (χ2n) is 5.38. The van der Waals surface area contributed by atoms with Crippen molar-refractivity contribution >= 4 is 16.7 Å². The van der Waals surface area contributed by atoms with Gasteiger partial charge < -0.3 is 10.2 Å². The molecule has 0 amide bonds. The average molecular weight is 266 g/mol. The van der Waals surface area contributed by atoms with Crippen LogP contribution < -0.4 is 10.2 Å². The third kappa shape index (κ3) is 2.83. The number of nitrogens with one attached hydrogen (secondary N) is 1. The second-order valence-corrected chi connectivity index (χ2v) is 6.11. The van der Waals surface area contributed by atoms with Gasteiger partial charge in [0.05, 0.1) is 0 Å². The van der Waals surface area contributed by atoms with Crippen molar-refractivity contribution in [2.24, 2.45) is 0 Å². The quantitative estimate of drug-likeness (QED) is 0.887. The predicted octanol–water partition coefficient (Wildman–Crippen LogP) is 2.21.